The summed E-state index contributed by atoms with van der Waals surface area (Å²) in [6.45, 7) is 18.0. The standard InChI is InChI=1S/C35H47ClN4O4/c1-9-13-18-37-35(43)40(28-16-15-26(20-23(28)6)39(11-3)12-4)29-21-27(33(41)32(36)25(29)8)38-34(42)30(10-2)44-31-17-14-22(5)19-24(31)7/h14-17,19-21,30,41H,9-13,18H2,1-8H3,(H,37,43)(H,38,42). The zero-order valence-corrected chi connectivity index (χ0v) is 28.1. The Balaban J connectivity index is 2.06. The number of aromatic hydroxyl groups is 1. The van der Waals surface area contributed by atoms with Crippen molar-refractivity contribution in [1.29, 1.82) is 0 Å². The largest absolute Gasteiger partial charge is 0.504 e. The van der Waals surface area contributed by atoms with E-state index >= 15 is 0 Å². The fourth-order valence-electron chi connectivity index (χ4n) is 5.15. The van der Waals surface area contributed by atoms with Gasteiger partial charge in [0.15, 0.2) is 11.9 Å². The van der Waals surface area contributed by atoms with Crippen LogP contribution >= 0.6 is 11.6 Å². The average Bonchev–Trinajstić information content (AvgIpc) is 2.99. The second-order valence-electron chi connectivity index (χ2n) is 11.1. The summed E-state index contributed by atoms with van der Waals surface area (Å²) in [7, 11) is 0. The third-order valence-electron chi connectivity index (χ3n) is 7.78. The number of halogens is 1. The van der Waals surface area contributed by atoms with E-state index in [0.29, 0.717) is 35.7 Å². The molecule has 3 aromatic carbocycles. The van der Waals surface area contributed by atoms with Crippen molar-refractivity contribution in [2.24, 2.45) is 0 Å². The second-order valence-corrected chi connectivity index (χ2v) is 11.4. The highest BCUT2D eigenvalue weighted by molar-refractivity contribution is 6.34. The van der Waals surface area contributed by atoms with E-state index in [2.05, 4.69) is 42.4 Å². The third-order valence-corrected chi connectivity index (χ3v) is 8.24. The van der Waals surface area contributed by atoms with Crippen molar-refractivity contribution in [2.45, 2.75) is 80.8 Å². The number of nitrogens with zero attached hydrogens (tertiary/aromatic N) is 2. The molecule has 0 spiro atoms. The molecule has 0 saturated carbocycles. The fourth-order valence-corrected chi connectivity index (χ4v) is 5.34. The number of hydrogen-bond acceptors (Lipinski definition) is 5. The van der Waals surface area contributed by atoms with Gasteiger partial charge in [0.05, 0.1) is 22.1 Å². The Morgan fingerprint density at radius 3 is 2.23 bits per heavy atom. The van der Waals surface area contributed by atoms with Crippen molar-refractivity contribution in [1.82, 2.24) is 5.32 Å². The summed E-state index contributed by atoms with van der Waals surface area (Å²) in [4.78, 5) is 31.1. The van der Waals surface area contributed by atoms with E-state index < -0.39 is 12.0 Å². The topological polar surface area (TPSA) is 94.1 Å². The number of amides is 3. The molecule has 8 nitrogen and oxygen atoms in total. The predicted octanol–water partition coefficient (Wildman–Crippen LogP) is 8.57. The van der Waals surface area contributed by atoms with Crippen LogP contribution in [-0.4, -0.2) is 42.8 Å². The Labute approximate surface area is 267 Å². The van der Waals surface area contributed by atoms with E-state index in [1.807, 2.05) is 58.0 Å². The van der Waals surface area contributed by atoms with E-state index in [1.54, 1.807) is 17.9 Å². The molecule has 0 radical (unpaired) electrons. The van der Waals surface area contributed by atoms with Gasteiger partial charge in [-0.15, -0.1) is 0 Å². The van der Waals surface area contributed by atoms with Crippen LogP contribution in [0.15, 0.2) is 42.5 Å². The van der Waals surface area contributed by atoms with Gasteiger partial charge < -0.3 is 25.4 Å². The summed E-state index contributed by atoms with van der Waals surface area (Å²) in [5, 5.41) is 16.9. The molecule has 0 heterocycles. The van der Waals surface area contributed by atoms with Gasteiger partial charge in [0, 0.05) is 25.3 Å². The summed E-state index contributed by atoms with van der Waals surface area (Å²) in [6.07, 6.45) is 1.34. The van der Waals surface area contributed by atoms with Crippen molar-refractivity contribution in [3.8, 4) is 11.5 Å². The van der Waals surface area contributed by atoms with Crippen molar-refractivity contribution in [3.05, 3.63) is 69.7 Å². The van der Waals surface area contributed by atoms with E-state index in [-0.39, 0.29) is 22.5 Å². The number of phenolic OH excluding ortho intramolecular Hbond substituents is 1. The van der Waals surface area contributed by atoms with Gasteiger partial charge >= 0.3 is 6.03 Å². The normalized spacial score (nSPS) is 11.6. The van der Waals surface area contributed by atoms with Gasteiger partial charge in [0.1, 0.15) is 5.75 Å². The first-order valence-corrected chi connectivity index (χ1v) is 15.8. The number of phenols is 1. The van der Waals surface area contributed by atoms with Crippen molar-refractivity contribution in [3.63, 3.8) is 0 Å². The fraction of sp³-hybridized carbons (Fsp3) is 0.429. The lowest BCUT2D eigenvalue weighted by Gasteiger charge is -2.29. The summed E-state index contributed by atoms with van der Waals surface area (Å²) < 4.78 is 6.08. The quantitative estimate of drug-likeness (QED) is 0.131. The maximum absolute atomic E-state index is 13.8. The molecule has 1 unspecified atom stereocenters. The number of urea groups is 1. The molecule has 0 aliphatic rings. The lowest BCUT2D eigenvalue weighted by molar-refractivity contribution is -0.122. The van der Waals surface area contributed by atoms with Crippen LogP contribution in [-0.2, 0) is 4.79 Å². The first-order valence-electron chi connectivity index (χ1n) is 15.5. The SMILES string of the molecule is CCCCNC(=O)N(c1ccc(N(CC)CC)cc1C)c1cc(NC(=O)C(CC)Oc2ccc(C)cc2C)c(O)c(Cl)c1C. The van der Waals surface area contributed by atoms with E-state index in [1.165, 1.54) is 0 Å². The number of rotatable bonds is 13. The summed E-state index contributed by atoms with van der Waals surface area (Å²) >= 11 is 6.66. The second kappa shape index (κ2) is 15.7. The minimum Gasteiger partial charge on any atom is -0.504 e. The number of carbonyl (C=O) groups excluding carboxylic acids is 2. The van der Waals surface area contributed by atoms with Gasteiger partial charge in [0.2, 0.25) is 0 Å². The van der Waals surface area contributed by atoms with E-state index in [4.69, 9.17) is 16.3 Å². The molecule has 0 aliphatic heterocycles. The highest BCUT2D eigenvalue weighted by Crippen LogP contribution is 2.43. The minimum atomic E-state index is -0.817. The molecule has 3 rings (SSSR count). The monoisotopic (exact) mass is 622 g/mol. The molecule has 0 aliphatic carbocycles. The van der Waals surface area contributed by atoms with Crippen LogP contribution in [0.4, 0.5) is 27.5 Å². The van der Waals surface area contributed by atoms with E-state index in [9.17, 15) is 14.7 Å². The van der Waals surface area contributed by atoms with Gasteiger partial charge in [-0.1, -0.05) is 49.6 Å². The molecular weight excluding hydrogens is 576 g/mol. The number of ether oxygens (including phenoxy) is 1. The van der Waals surface area contributed by atoms with Crippen LogP contribution in [0.1, 0.15) is 69.2 Å². The number of aryl methyl sites for hydroxylation is 3. The van der Waals surface area contributed by atoms with Gasteiger partial charge in [-0.3, -0.25) is 9.69 Å². The molecule has 44 heavy (non-hydrogen) atoms. The summed E-state index contributed by atoms with van der Waals surface area (Å²) in [6, 6.07) is 13.0. The smallest absolute Gasteiger partial charge is 0.326 e. The van der Waals surface area contributed by atoms with Crippen LogP contribution in [0.3, 0.4) is 0 Å². The number of unbranched alkanes of at least 4 members (excludes halogenated alkanes) is 1. The number of benzene rings is 3. The molecule has 0 fully saturated rings. The third kappa shape index (κ3) is 7.97. The number of anilines is 4. The van der Waals surface area contributed by atoms with Crippen LogP contribution in [0.5, 0.6) is 11.5 Å². The lowest BCUT2D eigenvalue weighted by Crippen LogP contribution is -2.38. The van der Waals surface area contributed by atoms with Crippen LogP contribution < -0.4 is 25.2 Å². The minimum absolute atomic E-state index is 0.0462. The molecule has 238 valence electrons. The Morgan fingerprint density at radius 1 is 0.932 bits per heavy atom. The molecule has 0 aromatic heterocycles. The maximum atomic E-state index is 13.8. The maximum Gasteiger partial charge on any atom is 0.326 e. The van der Waals surface area contributed by atoms with Crippen LogP contribution in [0, 0.1) is 27.7 Å². The Bertz CT molecular complexity index is 1470. The zero-order chi connectivity index (χ0) is 32.6. The Morgan fingerprint density at radius 2 is 1.64 bits per heavy atom. The van der Waals surface area contributed by atoms with Gasteiger partial charge in [-0.05, 0) is 101 Å². The molecule has 0 bridgehead atoms. The lowest BCUT2D eigenvalue weighted by atomic mass is 10.1. The van der Waals surface area contributed by atoms with E-state index in [0.717, 1.165) is 48.3 Å². The molecule has 1 atom stereocenters. The molecule has 3 amide bonds. The molecule has 3 N–H and O–H groups in total. The first-order chi connectivity index (χ1) is 21.0. The Hall–Kier alpha value is -3.91. The van der Waals surface area contributed by atoms with Gasteiger partial charge in [-0.2, -0.15) is 0 Å². The summed E-state index contributed by atoms with van der Waals surface area (Å²) in [5.74, 6) is -0.0991. The highest BCUT2D eigenvalue weighted by atomic mass is 35.5. The van der Waals surface area contributed by atoms with Crippen molar-refractivity contribution < 1.29 is 19.4 Å². The number of hydrogen-bond donors (Lipinski definition) is 3. The first kappa shape index (κ1) is 34.6. The summed E-state index contributed by atoms with van der Waals surface area (Å²) in [5.41, 5.74) is 5.67. The zero-order valence-electron chi connectivity index (χ0n) is 27.3. The Kier molecular flexibility index (Phi) is 12.3. The molecular formula is C35H47ClN4O4. The molecule has 3 aromatic rings. The van der Waals surface area contributed by atoms with Crippen LogP contribution in [0.2, 0.25) is 5.02 Å². The highest BCUT2D eigenvalue weighted by Gasteiger charge is 2.27. The van der Waals surface area contributed by atoms with Crippen molar-refractivity contribution >= 4 is 46.3 Å². The predicted molar refractivity (Wildman–Crippen MR) is 182 cm³/mol. The molecule has 9 heteroatoms. The van der Waals surface area contributed by atoms with Gasteiger partial charge in [-0.25, -0.2) is 4.79 Å². The number of carbonyl (C=O) groups is 2. The van der Waals surface area contributed by atoms with Crippen LogP contribution in [0.25, 0.3) is 0 Å². The van der Waals surface area contributed by atoms with Gasteiger partial charge in [0.25, 0.3) is 5.91 Å². The number of nitrogens with one attached hydrogen (secondary N) is 2. The van der Waals surface area contributed by atoms with Crippen molar-refractivity contribution in [2.75, 3.05) is 34.8 Å². The molecule has 0 saturated heterocycles. The average molecular weight is 623 g/mol.